The van der Waals surface area contributed by atoms with Crippen LogP contribution in [-0.2, 0) is 0 Å². The molecule has 0 radical (unpaired) electrons. The van der Waals surface area contributed by atoms with Gasteiger partial charge in [-0.25, -0.2) is 0 Å². The van der Waals surface area contributed by atoms with Crippen molar-refractivity contribution in [3.8, 4) is 0 Å². The van der Waals surface area contributed by atoms with Crippen LogP contribution in [0.4, 0.5) is 0 Å². The zero-order valence-electron chi connectivity index (χ0n) is 13.8. The van der Waals surface area contributed by atoms with Crippen molar-refractivity contribution in [3.63, 3.8) is 0 Å². The van der Waals surface area contributed by atoms with Gasteiger partial charge in [0.05, 0.1) is 16.7 Å². The van der Waals surface area contributed by atoms with Gasteiger partial charge in [0.15, 0.2) is 0 Å². The maximum Gasteiger partial charge on any atom is 0.255 e. The van der Waals surface area contributed by atoms with Crippen molar-refractivity contribution in [2.24, 2.45) is 0 Å². The molecule has 0 saturated carbocycles. The molecule has 2 rings (SSSR count). The summed E-state index contributed by atoms with van der Waals surface area (Å²) < 4.78 is 0. The minimum Gasteiger partial charge on any atom is -0.390 e. The Bertz CT molecular complexity index is 516. The highest BCUT2D eigenvalue weighted by Crippen LogP contribution is 2.19. The summed E-state index contributed by atoms with van der Waals surface area (Å²) in [6, 6.07) is 7.53. The Morgan fingerprint density at radius 1 is 1.39 bits per heavy atom. The zero-order valence-corrected chi connectivity index (χ0v) is 14.6. The number of hydrogen-bond acceptors (Lipinski definition) is 4. The highest BCUT2D eigenvalue weighted by molar-refractivity contribution is 6.33. The number of aliphatic hydroxyl groups is 1. The molecule has 1 fully saturated rings. The molecule has 0 bridgehead atoms. The number of halogens is 1. The minimum absolute atomic E-state index is 0.00157. The van der Waals surface area contributed by atoms with E-state index in [1.54, 1.807) is 12.1 Å². The lowest BCUT2D eigenvalue weighted by molar-refractivity contribution is 0.0694. The van der Waals surface area contributed by atoms with Gasteiger partial charge >= 0.3 is 0 Å². The van der Waals surface area contributed by atoms with Crippen LogP contribution in [0.1, 0.15) is 23.2 Å². The Morgan fingerprint density at radius 3 is 2.65 bits per heavy atom. The first-order valence-corrected chi connectivity index (χ1v) is 8.45. The molecule has 5 nitrogen and oxygen atoms in total. The van der Waals surface area contributed by atoms with E-state index >= 15 is 0 Å². The molecule has 1 amide bonds. The van der Waals surface area contributed by atoms with Gasteiger partial charge in [-0.15, -0.1) is 0 Å². The maximum absolute atomic E-state index is 12.5. The van der Waals surface area contributed by atoms with Gasteiger partial charge in [0.1, 0.15) is 0 Å². The summed E-state index contributed by atoms with van der Waals surface area (Å²) in [4.78, 5) is 16.3. The maximum atomic E-state index is 12.5. The number of nitrogens with zero attached hydrogens (tertiary/aromatic N) is 2. The first kappa shape index (κ1) is 18.2. The monoisotopic (exact) mass is 339 g/mol. The van der Waals surface area contributed by atoms with Crippen molar-refractivity contribution < 1.29 is 9.90 Å². The largest absolute Gasteiger partial charge is 0.390 e. The number of rotatable bonds is 6. The van der Waals surface area contributed by atoms with E-state index in [1.165, 1.54) is 0 Å². The lowest BCUT2D eigenvalue weighted by atomic mass is 10.0. The summed E-state index contributed by atoms with van der Waals surface area (Å²) in [6.45, 7) is 2.66. The van der Waals surface area contributed by atoms with Crippen molar-refractivity contribution in [1.82, 2.24) is 15.1 Å². The summed E-state index contributed by atoms with van der Waals surface area (Å²) in [5, 5.41) is 13.8. The Morgan fingerprint density at radius 2 is 2.04 bits per heavy atom. The van der Waals surface area contributed by atoms with Crippen LogP contribution in [0.5, 0.6) is 0 Å². The van der Waals surface area contributed by atoms with Crippen LogP contribution in [0, 0.1) is 0 Å². The van der Waals surface area contributed by atoms with Gasteiger partial charge in [0, 0.05) is 32.2 Å². The predicted octanol–water partition coefficient (Wildman–Crippen LogP) is 1.46. The number of carbonyl (C=O) groups excluding carboxylic acids is 1. The molecule has 6 heteroatoms. The zero-order chi connectivity index (χ0) is 16.8. The molecular weight excluding hydrogens is 314 g/mol. The van der Waals surface area contributed by atoms with Crippen LogP contribution in [0.3, 0.4) is 0 Å². The standard InChI is InChI=1S/C17H26ClN3O2/c1-20(2)12-14(22)11-19-13-7-9-21(10-8-13)17(23)15-5-3-4-6-16(15)18/h3-6,13-14,19,22H,7-12H2,1-2H3. The molecule has 0 aromatic heterocycles. The van der Waals surface area contributed by atoms with Crippen LogP contribution in [0.15, 0.2) is 24.3 Å². The Balaban J connectivity index is 1.78. The van der Waals surface area contributed by atoms with Crippen molar-refractivity contribution in [2.75, 3.05) is 40.3 Å². The SMILES string of the molecule is CN(C)CC(O)CNC1CCN(C(=O)c2ccccc2Cl)CC1. The topological polar surface area (TPSA) is 55.8 Å². The average Bonchev–Trinajstić information content (AvgIpc) is 2.53. The molecule has 128 valence electrons. The highest BCUT2D eigenvalue weighted by atomic mass is 35.5. The second kappa shape index (κ2) is 8.64. The van der Waals surface area contributed by atoms with E-state index < -0.39 is 0 Å². The van der Waals surface area contributed by atoms with Crippen LogP contribution in [0.25, 0.3) is 0 Å². The number of amides is 1. The fourth-order valence-electron chi connectivity index (χ4n) is 2.88. The van der Waals surface area contributed by atoms with Gasteiger partial charge in [-0.1, -0.05) is 23.7 Å². The molecule has 1 heterocycles. The third kappa shape index (κ3) is 5.46. The first-order valence-electron chi connectivity index (χ1n) is 8.07. The van der Waals surface area contributed by atoms with Gasteiger partial charge in [-0.3, -0.25) is 4.79 Å². The van der Waals surface area contributed by atoms with Crippen molar-refractivity contribution >= 4 is 17.5 Å². The number of piperidine rings is 1. The molecule has 1 atom stereocenters. The summed E-state index contributed by atoms with van der Waals surface area (Å²) >= 11 is 6.10. The number of hydrogen-bond donors (Lipinski definition) is 2. The second-order valence-electron chi connectivity index (χ2n) is 6.37. The van der Waals surface area contributed by atoms with E-state index in [-0.39, 0.29) is 12.0 Å². The van der Waals surface area contributed by atoms with E-state index in [2.05, 4.69) is 5.32 Å². The van der Waals surface area contributed by atoms with Crippen molar-refractivity contribution in [3.05, 3.63) is 34.9 Å². The Hall–Kier alpha value is -1.14. The van der Waals surface area contributed by atoms with E-state index in [0.29, 0.717) is 42.8 Å². The molecule has 0 aliphatic carbocycles. The smallest absolute Gasteiger partial charge is 0.255 e. The van der Waals surface area contributed by atoms with Crippen LogP contribution in [0.2, 0.25) is 5.02 Å². The fraction of sp³-hybridized carbons (Fsp3) is 0.588. The average molecular weight is 340 g/mol. The molecule has 1 aliphatic rings. The number of benzene rings is 1. The summed E-state index contributed by atoms with van der Waals surface area (Å²) in [7, 11) is 3.89. The Labute approximate surface area is 143 Å². The molecule has 1 aromatic rings. The predicted molar refractivity (Wildman–Crippen MR) is 92.9 cm³/mol. The molecule has 23 heavy (non-hydrogen) atoms. The quantitative estimate of drug-likeness (QED) is 0.824. The lowest BCUT2D eigenvalue weighted by Crippen LogP contribution is -2.47. The van der Waals surface area contributed by atoms with E-state index in [0.717, 1.165) is 12.8 Å². The first-order chi connectivity index (χ1) is 11.0. The number of likely N-dealkylation sites (tertiary alicyclic amines) is 1. The van der Waals surface area contributed by atoms with Crippen LogP contribution >= 0.6 is 11.6 Å². The van der Waals surface area contributed by atoms with Gasteiger partial charge in [-0.05, 0) is 39.1 Å². The molecule has 1 saturated heterocycles. The normalized spacial score (nSPS) is 17.5. The van der Waals surface area contributed by atoms with Crippen LogP contribution < -0.4 is 5.32 Å². The van der Waals surface area contributed by atoms with E-state index in [9.17, 15) is 9.90 Å². The van der Waals surface area contributed by atoms with E-state index in [1.807, 2.05) is 36.0 Å². The van der Waals surface area contributed by atoms with Gasteiger partial charge in [0.25, 0.3) is 5.91 Å². The number of aliphatic hydroxyl groups excluding tert-OH is 1. The van der Waals surface area contributed by atoms with Gasteiger partial charge in [-0.2, -0.15) is 0 Å². The lowest BCUT2D eigenvalue weighted by Gasteiger charge is -2.33. The number of nitrogens with one attached hydrogen (secondary N) is 1. The van der Waals surface area contributed by atoms with Gasteiger partial charge < -0.3 is 20.2 Å². The minimum atomic E-state index is -0.368. The summed E-state index contributed by atoms with van der Waals surface area (Å²) in [5.41, 5.74) is 0.571. The fourth-order valence-corrected chi connectivity index (χ4v) is 3.10. The number of carbonyl (C=O) groups is 1. The molecule has 2 N–H and O–H groups in total. The van der Waals surface area contributed by atoms with Crippen LogP contribution in [-0.4, -0.2) is 73.2 Å². The molecule has 1 aromatic carbocycles. The molecule has 1 aliphatic heterocycles. The summed E-state index contributed by atoms with van der Waals surface area (Å²) in [6.07, 6.45) is 1.42. The molecular formula is C17H26ClN3O2. The van der Waals surface area contributed by atoms with Gasteiger partial charge in [0.2, 0.25) is 0 Å². The molecule has 0 spiro atoms. The summed E-state index contributed by atoms with van der Waals surface area (Å²) in [5.74, 6) is 0.00157. The van der Waals surface area contributed by atoms with E-state index in [4.69, 9.17) is 11.6 Å². The highest BCUT2D eigenvalue weighted by Gasteiger charge is 2.24. The Kier molecular flexibility index (Phi) is 6.84. The van der Waals surface area contributed by atoms with Crippen molar-refractivity contribution in [2.45, 2.75) is 25.0 Å². The second-order valence-corrected chi connectivity index (χ2v) is 6.78. The third-order valence-electron chi connectivity index (χ3n) is 4.10. The van der Waals surface area contributed by atoms with Crippen molar-refractivity contribution in [1.29, 1.82) is 0 Å². The molecule has 1 unspecified atom stereocenters. The number of likely N-dealkylation sites (N-methyl/N-ethyl adjacent to an activating group) is 1. The third-order valence-corrected chi connectivity index (χ3v) is 4.43.